The number of aliphatic hydroxyl groups is 1. The normalized spacial score (nSPS) is 13.0. The lowest BCUT2D eigenvalue weighted by Crippen LogP contribution is -2.38. The van der Waals surface area contributed by atoms with Crippen LogP contribution in [0, 0.1) is 0 Å². The predicted octanol–water partition coefficient (Wildman–Crippen LogP) is 2.33. The van der Waals surface area contributed by atoms with Crippen molar-refractivity contribution in [3.05, 3.63) is 59.0 Å². The van der Waals surface area contributed by atoms with Crippen LogP contribution >= 0.6 is 11.6 Å². The molecule has 112 valence electrons. The molecule has 0 saturated carbocycles. The summed E-state index contributed by atoms with van der Waals surface area (Å²) in [6, 6.07) is 10.9. The number of halogens is 1. The Bertz CT molecular complexity index is 584. The highest BCUT2D eigenvalue weighted by atomic mass is 35.5. The van der Waals surface area contributed by atoms with Crippen molar-refractivity contribution in [2.45, 2.75) is 12.6 Å². The molecule has 0 aliphatic heterocycles. The summed E-state index contributed by atoms with van der Waals surface area (Å²) < 4.78 is 5.23. The number of nitrogens with one attached hydrogen (secondary N) is 2. The van der Waals surface area contributed by atoms with Crippen LogP contribution < -0.4 is 10.6 Å². The maximum Gasteiger partial charge on any atom is 0.191 e. The van der Waals surface area contributed by atoms with E-state index in [0.717, 1.165) is 5.76 Å². The second-order valence-corrected chi connectivity index (χ2v) is 4.83. The predicted molar refractivity (Wildman–Crippen MR) is 83.3 cm³/mol. The van der Waals surface area contributed by atoms with Gasteiger partial charge in [0.05, 0.1) is 18.9 Å². The third-order valence-corrected chi connectivity index (χ3v) is 3.31. The molecule has 0 spiro atoms. The van der Waals surface area contributed by atoms with E-state index in [1.165, 1.54) is 0 Å². The minimum Gasteiger partial charge on any atom is -0.467 e. The van der Waals surface area contributed by atoms with E-state index >= 15 is 0 Å². The first kappa shape index (κ1) is 15.4. The zero-order chi connectivity index (χ0) is 15.1. The van der Waals surface area contributed by atoms with Gasteiger partial charge in [0.2, 0.25) is 0 Å². The van der Waals surface area contributed by atoms with Crippen LogP contribution in [0.25, 0.3) is 0 Å². The summed E-state index contributed by atoms with van der Waals surface area (Å²) in [4.78, 5) is 4.08. The van der Waals surface area contributed by atoms with Crippen LogP contribution in [-0.4, -0.2) is 24.7 Å². The Kier molecular flexibility index (Phi) is 5.66. The van der Waals surface area contributed by atoms with Gasteiger partial charge in [-0.25, -0.2) is 0 Å². The number of aliphatic hydroxyl groups excluding tert-OH is 1. The van der Waals surface area contributed by atoms with E-state index in [9.17, 15) is 5.11 Å². The number of aliphatic imine (C=N–C) groups is 1. The van der Waals surface area contributed by atoms with Crippen molar-refractivity contribution in [1.29, 1.82) is 0 Å². The highest BCUT2D eigenvalue weighted by Crippen LogP contribution is 2.21. The molecule has 0 aliphatic rings. The van der Waals surface area contributed by atoms with E-state index in [-0.39, 0.29) is 0 Å². The molecule has 5 nitrogen and oxygen atoms in total. The van der Waals surface area contributed by atoms with Crippen LogP contribution in [-0.2, 0) is 6.54 Å². The number of guanidine groups is 1. The van der Waals surface area contributed by atoms with Crippen LogP contribution in [0.15, 0.2) is 52.1 Å². The Hall–Kier alpha value is -1.98. The van der Waals surface area contributed by atoms with E-state index in [1.54, 1.807) is 25.4 Å². The van der Waals surface area contributed by atoms with Gasteiger partial charge in [-0.3, -0.25) is 4.99 Å². The van der Waals surface area contributed by atoms with Crippen LogP contribution in [0.5, 0.6) is 0 Å². The van der Waals surface area contributed by atoms with Crippen molar-refractivity contribution in [2.75, 3.05) is 13.6 Å². The molecule has 1 aromatic carbocycles. The van der Waals surface area contributed by atoms with E-state index in [4.69, 9.17) is 16.0 Å². The molecule has 2 rings (SSSR count). The van der Waals surface area contributed by atoms with Gasteiger partial charge in [-0.15, -0.1) is 0 Å². The van der Waals surface area contributed by atoms with Gasteiger partial charge in [-0.05, 0) is 18.2 Å². The molecule has 0 fully saturated rings. The van der Waals surface area contributed by atoms with Gasteiger partial charge in [0.15, 0.2) is 5.96 Å². The second-order valence-electron chi connectivity index (χ2n) is 4.42. The molecule has 2 aromatic rings. The van der Waals surface area contributed by atoms with Gasteiger partial charge < -0.3 is 20.2 Å². The summed E-state index contributed by atoms with van der Waals surface area (Å²) in [5.41, 5.74) is 0.688. The minimum atomic E-state index is -0.708. The van der Waals surface area contributed by atoms with Gasteiger partial charge in [0.1, 0.15) is 5.76 Å². The molecule has 1 atom stereocenters. The molecule has 0 saturated heterocycles. The quantitative estimate of drug-likeness (QED) is 0.586. The van der Waals surface area contributed by atoms with Gasteiger partial charge in [0.25, 0.3) is 0 Å². The fourth-order valence-electron chi connectivity index (χ4n) is 1.85. The SMILES string of the molecule is CN=C(NCc1ccco1)NCC(O)c1ccccc1Cl. The first-order valence-electron chi connectivity index (χ1n) is 6.60. The molecule has 0 amide bonds. The highest BCUT2D eigenvalue weighted by Gasteiger charge is 2.11. The van der Waals surface area contributed by atoms with Crippen LogP contribution in [0.4, 0.5) is 0 Å². The number of benzene rings is 1. The Morgan fingerprint density at radius 3 is 2.76 bits per heavy atom. The first-order valence-corrected chi connectivity index (χ1v) is 6.98. The number of furan rings is 1. The third-order valence-electron chi connectivity index (χ3n) is 2.96. The summed E-state index contributed by atoms with van der Waals surface area (Å²) in [6.07, 6.45) is 0.912. The Morgan fingerprint density at radius 2 is 2.10 bits per heavy atom. The fourth-order valence-corrected chi connectivity index (χ4v) is 2.11. The lowest BCUT2D eigenvalue weighted by molar-refractivity contribution is 0.181. The number of rotatable bonds is 5. The van der Waals surface area contributed by atoms with Crippen molar-refractivity contribution < 1.29 is 9.52 Å². The second kappa shape index (κ2) is 7.71. The van der Waals surface area contributed by atoms with Crippen molar-refractivity contribution in [2.24, 2.45) is 4.99 Å². The largest absolute Gasteiger partial charge is 0.467 e. The monoisotopic (exact) mass is 307 g/mol. The lowest BCUT2D eigenvalue weighted by Gasteiger charge is -2.16. The van der Waals surface area contributed by atoms with E-state index in [0.29, 0.717) is 29.6 Å². The number of nitrogens with zero attached hydrogens (tertiary/aromatic N) is 1. The Labute approximate surface area is 128 Å². The molecular weight excluding hydrogens is 290 g/mol. The van der Waals surface area contributed by atoms with Gasteiger partial charge in [-0.1, -0.05) is 29.8 Å². The van der Waals surface area contributed by atoms with Crippen molar-refractivity contribution in [3.63, 3.8) is 0 Å². The van der Waals surface area contributed by atoms with Gasteiger partial charge >= 0.3 is 0 Å². The fraction of sp³-hybridized carbons (Fsp3) is 0.267. The van der Waals surface area contributed by atoms with Gasteiger partial charge in [0, 0.05) is 24.2 Å². The molecule has 3 N–H and O–H groups in total. The summed E-state index contributed by atoms with van der Waals surface area (Å²) in [7, 11) is 1.67. The van der Waals surface area contributed by atoms with Crippen LogP contribution in [0.2, 0.25) is 5.02 Å². The summed E-state index contributed by atoms with van der Waals surface area (Å²) >= 11 is 6.05. The van der Waals surface area contributed by atoms with Crippen molar-refractivity contribution in [3.8, 4) is 0 Å². The third kappa shape index (κ3) is 4.51. The topological polar surface area (TPSA) is 69.8 Å². The van der Waals surface area contributed by atoms with Crippen LogP contribution in [0.3, 0.4) is 0 Å². The number of hydrogen-bond acceptors (Lipinski definition) is 3. The first-order chi connectivity index (χ1) is 10.2. The van der Waals surface area contributed by atoms with E-state index in [1.807, 2.05) is 24.3 Å². The molecule has 21 heavy (non-hydrogen) atoms. The average molecular weight is 308 g/mol. The molecule has 1 heterocycles. The molecule has 0 aliphatic carbocycles. The summed E-state index contributed by atoms with van der Waals surface area (Å²) in [5, 5.41) is 16.8. The maximum atomic E-state index is 10.1. The molecule has 0 radical (unpaired) electrons. The van der Waals surface area contributed by atoms with Gasteiger partial charge in [-0.2, -0.15) is 0 Å². The zero-order valence-corrected chi connectivity index (χ0v) is 12.5. The number of hydrogen-bond donors (Lipinski definition) is 3. The summed E-state index contributed by atoms with van der Waals surface area (Å²) in [5.74, 6) is 1.39. The maximum absolute atomic E-state index is 10.1. The Morgan fingerprint density at radius 1 is 1.29 bits per heavy atom. The highest BCUT2D eigenvalue weighted by molar-refractivity contribution is 6.31. The molecule has 1 aromatic heterocycles. The molecule has 1 unspecified atom stereocenters. The summed E-state index contributed by atoms with van der Waals surface area (Å²) in [6.45, 7) is 0.830. The standard InChI is InChI=1S/C15H18ClN3O2/c1-17-15(18-9-11-5-4-8-21-11)19-10-14(20)12-6-2-3-7-13(12)16/h2-8,14,20H,9-10H2,1H3,(H2,17,18,19). The lowest BCUT2D eigenvalue weighted by atomic mass is 10.1. The molecular formula is C15H18ClN3O2. The smallest absolute Gasteiger partial charge is 0.191 e. The zero-order valence-electron chi connectivity index (χ0n) is 11.7. The average Bonchev–Trinajstić information content (AvgIpc) is 3.01. The molecule has 6 heteroatoms. The van der Waals surface area contributed by atoms with Crippen molar-refractivity contribution >= 4 is 17.6 Å². The minimum absolute atomic E-state index is 0.307. The van der Waals surface area contributed by atoms with E-state index in [2.05, 4.69) is 15.6 Å². The van der Waals surface area contributed by atoms with E-state index < -0.39 is 6.10 Å². The Balaban J connectivity index is 1.84. The van der Waals surface area contributed by atoms with Crippen molar-refractivity contribution in [1.82, 2.24) is 10.6 Å². The molecule has 0 bridgehead atoms. The van der Waals surface area contributed by atoms with Crippen LogP contribution in [0.1, 0.15) is 17.4 Å².